The molecule has 0 saturated heterocycles. The molecule has 0 N–H and O–H groups in total. The highest BCUT2D eigenvalue weighted by Crippen LogP contribution is 2.32. The molecule has 0 spiro atoms. The lowest BCUT2D eigenvalue weighted by molar-refractivity contribution is 0.0647. The van der Waals surface area contributed by atoms with Crippen molar-refractivity contribution in [3.05, 3.63) is 141 Å². The molecule has 0 radical (unpaired) electrons. The van der Waals surface area contributed by atoms with Gasteiger partial charge in [-0.15, -0.1) is 0 Å². The number of rotatable bonds is 6. The van der Waals surface area contributed by atoms with E-state index in [1.54, 1.807) is 109 Å². The van der Waals surface area contributed by atoms with Gasteiger partial charge in [-0.1, -0.05) is 59.6 Å². The van der Waals surface area contributed by atoms with E-state index in [1.807, 2.05) is 0 Å². The monoisotopic (exact) mass is 488 g/mol. The molecule has 0 saturated carbocycles. The molecule has 0 aromatic heterocycles. The van der Waals surface area contributed by atoms with Crippen molar-refractivity contribution < 1.29 is 19.1 Å². The predicted octanol–water partition coefficient (Wildman–Crippen LogP) is 7.53. The Hall–Kier alpha value is -3.86. The van der Waals surface area contributed by atoms with Crippen molar-refractivity contribution in [2.45, 2.75) is 0 Å². The molecule has 0 bridgehead atoms. The van der Waals surface area contributed by atoms with E-state index >= 15 is 0 Å². The summed E-state index contributed by atoms with van der Waals surface area (Å²) in [4.78, 5) is 26.0. The topological polar surface area (TPSA) is 52.6 Å². The Kier molecular flexibility index (Phi) is 7.43. The molecule has 0 heterocycles. The molecular formula is C28H18Cl2O4. The van der Waals surface area contributed by atoms with Gasteiger partial charge in [0.25, 0.3) is 0 Å². The molecule has 4 rings (SSSR count). The molecule has 0 fully saturated rings. The van der Waals surface area contributed by atoms with E-state index in [2.05, 4.69) is 0 Å². The zero-order valence-corrected chi connectivity index (χ0v) is 19.3. The second-order valence-electron chi connectivity index (χ2n) is 7.18. The van der Waals surface area contributed by atoms with Crippen molar-refractivity contribution in [2.24, 2.45) is 0 Å². The van der Waals surface area contributed by atoms with Crippen LogP contribution >= 0.6 is 23.2 Å². The molecule has 168 valence electrons. The summed E-state index contributed by atoms with van der Waals surface area (Å²) in [6.45, 7) is 0. The minimum atomic E-state index is -0.604. The Morgan fingerprint density at radius 3 is 1.09 bits per heavy atom. The van der Waals surface area contributed by atoms with Crippen LogP contribution in [0.5, 0.6) is 0 Å². The molecule has 4 nitrogen and oxygen atoms in total. The second kappa shape index (κ2) is 10.8. The van der Waals surface area contributed by atoms with Crippen LogP contribution in [0, 0.1) is 0 Å². The van der Waals surface area contributed by atoms with Crippen molar-refractivity contribution in [3.63, 3.8) is 0 Å². The normalized spacial score (nSPS) is 11.4. The molecule has 6 heteroatoms. The zero-order valence-electron chi connectivity index (χ0n) is 17.8. The Bertz CT molecular complexity index is 1210. The number of halogens is 2. The highest BCUT2D eigenvalue weighted by atomic mass is 35.5. The summed E-state index contributed by atoms with van der Waals surface area (Å²) in [5.74, 6) is -1.07. The lowest BCUT2D eigenvalue weighted by atomic mass is 10.1. The number of hydrogen-bond donors (Lipinski definition) is 0. The summed E-state index contributed by atoms with van der Waals surface area (Å²) >= 11 is 12.1. The van der Waals surface area contributed by atoms with Crippen LogP contribution in [-0.4, -0.2) is 11.9 Å². The van der Waals surface area contributed by atoms with Gasteiger partial charge in [0, 0.05) is 21.2 Å². The summed E-state index contributed by atoms with van der Waals surface area (Å²) in [7, 11) is 0. The summed E-state index contributed by atoms with van der Waals surface area (Å²) in [6.07, 6.45) is 0. The van der Waals surface area contributed by atoms with E-state index < -0.39 is 11.9 Å². The van der Waals surface area contributed by atoms with Crippen molar-refractivity contribution in [1.82, 2.24) is 0 Å². The molecule has 0 aliphatic rings. The largest absolute Gasteiger partial charge is 0.418 e. The van der Waals surface area contributed by atoms with E-state index in [0.29, 0.717) is 32.3 Å². The first-order valence-corrected chi connectivity index (χ1v) is 11.1. The maximum atomic E-state index is 13.0. The summed E-state index contributed by atoms with van der Waals surface area (Å²) < 4.78 is 11.7. The molecule has 0 amide bonds. The van der Waals surface area contributed by atoms with Crippen molar-refractivity contribution >= 4 is 46.7 Å². The van der Waals surface area contributed by atoms with Gasteiger partial charge >= 0.3 is 11.9 Å². The van der Waals surface area contributed by atoms with Crippen molar-refractivity contribution in [3.8, 4) is 0 Å². The van der Waals surface area contributed by atoms with E-state index in [1.165, 1.54) is 0 Å². The number of ether oxygens (including phenoxy) is 2. The van der Waals surface area contributed by atoms with Gasteiger partial charge in [-0.2, -0.15) is 0 Å². The smallest absolute Gasteiger partial charge is 0.343 e. The predicted molar refractivity (Wildman–Crippen MR) is 133 cm³/mol. The molecule has 0 atom stereocenters. The van der Waals surface area contributed by atoms with Gasteiger partial charge in [0.2, 0.25) is 0 Å². The third-order valence-corrected chi connectivity index (χ3v) is 5.33. The number of esters is 2. The van der Waals surface area contributed by atoms with Crippen LogP contribution in [0.25, 0.3) is 11.5 Å². The lowest BCUT2D eigenvalue weighted by Crippen LogP contribution is -2.11. The first kappa shape index (κ1) is 23.3. The summed E-state index contributed by atoms with van der Waals surface area (Å²) in [6, 6.07) is 30.5. The Balaban J connectivity index is 1.86. The van der Waals surface area contributed by atoms with Crippen molar-refractivity contribution in [1.29, 1.82) is 0 Å². The Morgan fingerprint density at radius 2 is 0.765 bits per heavy atom. The highest BCUT2D eigenvalue weighted by molar-refractivity contribution is 6.31. The molecule has 0 unspecified atom stereocenters. The van der Waals surface area contributed by atoms with Gasteiger partial charge in [-0.05, 0) is 72.8 Å². The van der Waals surface area contributed by atoms with E-state index in [9.17, 15) is 9.59 Å². The lowest BCUT2D eigenvalue weighted by Gasteiger charge is -2.16. The van der Waals surface area contributed by atoms with Gasteiger partial charge in [0.05, 0.1) is 11.1 Å². The molecule has 4 aromatic carbocycles. The first-order chi connectivity index (χ1) is 16.5. The quantitative estimate of drug-likeness (QED) is 0.160. The van der Waals surface area contributed by atoms with E-state index in [0.717, 1.165) is 0 Å². The van der Waals surface area contributed by atoms with Gasteiger partial charge in [0.15, 0.2) is 11.5 Å². The SMILES string of the molecule is O=C(O/C(=C(/OC(=O)c1ccccc1)c1ccc(Cl)cc1)c1ccc(Cl)cc1)c1ccccc1. The number of carbonyl (C=O) groups is 2. The molecule has 34 heavy (non-hydrogen) atoms. The maximum Gasteiger partial charge on any atom is 0.343 e. The fourth-order valence-electron chi connectivity index (χ4n) is 3.13. The third-order valence-electron chi connectivity index (χ3n) is 4.83. The van der Waals surface area contributed by atoms with Gasteiger partial charge in [-0.25, -0.2) is 9.59 Å². The van der Waals surface area contributed by atoms with Crippen LogP contribution < -0.4 is 0 Å². The second-order valence-corrected chi connectivity index (χ2v) is 8.06. The number of carbonyl (C=O) groups excluding carboxylic acids is 2. The zero-order chi connectivity index (χ0) is 23.9. The van der Waals surface area contributed by atoms with E-state index in [-0.39, 0.29) is 11.5 Å². The minimum absolute atomic E-state index is 0.0668. The Morgan fingerprint density at radius 1 is 0.441 bits per heavy atom. The van der Waals surface area contributed by atoms with Crippen LogP contribution in [0.4, 0.5) is 0 Å². The molecule has 0 aliphatic carbocycles. The summed E-state index contributed by atoms with van der Waals surface area (Å²) in [5, 5.41) is 1.01. The van der Waals surface area contributed by atoms with Crippen molar-refractivity contribution in [2.75, 3.05) is 0 Å². The van der Waals surface area contributed by atoms with Crippen LogP contribution in [0.3, 0.4) is 0 Å². The van der Waals surface area contributed by atoms with Gasteiger partial charge < -0.3 is 9.47 Å². The Labute approximate surface area is 207 Å². The van der Waals surface area contributed by atoms with Crippen LogP contribution in [0.15, 0.2) is 109 Å². The average Bonchev–Trinajstić information content (AvgIpc) is 2.88. The van der Waals surface area contributed by atoms with Gasteiger partial charge in [-0.3, -0.25) is 0 Å². The molecular weight excluding hydrogens is 471 g/mol. The maximum absolute atomic E-state index is 13.0. The number of hydrogen-bond acceptors (Lipinski definition) is 4. The third kappa shape index (κ3) is 5.73. The minimum Gasteiger partial charge on any atom is -0.418 e. The van der Waals surface area contributed by atoms with E-state index in [4.69, 9.17) is 32.7 Å². The fourth-order valence-corrected chi connectivity index (χ4v) is 3.38. The molecule has 4 aromatic rings. The molecule has 0 aliphatic heterocycles. The van der Waals surface area contributed by atoms with Crippen LogP contribution in [0.1, 0.15) is 31.8 Å². The first-order valence-electron chi connectivity index (χ1n) is 10.3. The average molecular weight is 489 g/mol. The fraction of sp³-hybridized carbons (Fsp3) is 0. The van der Waals surface area contributed by atoms with Crippen LogP contribution in [0.2, 0.25) is 10.0 Å². The van der Waals surface area contributed by atoms with Crippen LogP contribution in [-0.2, 0) is 9.47 Å². The number of benzene rings is 4. The van der Waals surface area contributed by atoms with Gasteiger partial charge in [0.1, 0.15) is 0 Å². The standard InChI is InChI=1S/C28H18Cl2O4/c29-23-15-11-19(12-16-23)25(33-27(31)21-7-3-1-4-8-21)26(20-13-17-24(30)18-14-20)34-28(32)22-9-5-2-6-10-22/h1-18H/b26-25+. The summed E-state index contributed by atoms with van der Waals surface area (Å²) in [5.41, 5.74) is 1.69. The highest BCUT2D eigenvalue weighted by Gasteiger charge is 2.23.